The Labute approximate surface area is 140 Å². The van der Waals surface area contributed by atoms with E-state index in [4.69, 9.17) is 0 Å². The van der Waals surface area contributed by atoms with Gasteiger partial charge >= 0.3 is 12.2 Å². The van der Waals surface area contributed by atoms with Crippen molar-refractivity contribution in [3.05, 3.63) is 35.4 Å². The van der Waals surface area contributed by atoms with Crippen LogP contribution in [0.5, 0.6) is 0 Å². The minimum Gasteiger partial charge on any atom is -0.338 e. The van der Waals surface area contributed by atoms with E-state index in [-0.39, 0.29) is 24.5 Å². The molecule has 0 aliphatic carbocycles. The second-order valence-corrected chi connectivity index (χ2v) is 7.96. The number of alkyl halides is 3. The Kier molecular flexibility index (Phi) is 5.55. The average Bonchev–Trinajstić information content (AvgIpc) is 2.82. The summed E-state index contributed by atoms with van der Waals surface area (Å²) >= 11 is 0. The molecule has 1 aromatic rings. The fourth-order valence-corrected chi connectivity index (χ4v) is 4.42. The van der Waals surface area contributed by atoms with Crippen molar-refractivity contribution in [3.63, 3.8) is 0 Å². The minimum atomic E-state index is -5.13. The molecule has 140 valence electrons. The highest BCUT2D eigenvalue weighted by atomic mass is 32.2. The molecule has 1 fully saturated rings. The lowest BCUT2D eigenvalue weighted by atomic mass is 10.1. The van der Waals surface area contributed by atoms with Crippen LogP contribution in [0.25, 0.3) is 0 Å². The van der Waals surface area contributed by atoms with E-state index in [9.17, 15) is 35.2 Å². The van der Waals surface area contributed by atoms with E-state index >= 15 is 0 Å². The van der Waals surface area contributed by atoms with Crippen LogP contribution in [0.4, 0.5) is 26.7 Å². The Morgan fingerprint density at radius 2 is 1.84 bits per heavy atom. The first kappa shape index (κ1) is 19.4. The third kappa shape index (κ3) is 5.03. The highest BCUT2D eigenvalue weighted by Gasteiger charge is 2.45. The molecule has 2 rings (SSSR count). The number of hydrogen-bond donors (Lipinski definition) is 2. The lowest BCUT2D eigenvalue weighted by Crippen LogP contribution is -2.45. The van der Waals surface area contributed by atoms with Crippen molar-refractivity contribution < 1.29 is 35.2 Å². The van der Waals surface area contributed by atoms with Crippen LogP contribution in [0.3, 0.4) is 0 Å². The SMILES string of the molecule is O=C(NC[C@H]1CCS(=O)(=O)C1)N[C@@H](c1c(F)cccc1F)C(F)(F)F. The van der Waals surface area contributed by atoms with Gasteiger partial charge in [-0.3, -0.25) is 0 Å². The molecule has 5 nitrogen and oxygen atoms in total. The zero-order chi connectivity index (χ0) is 18.8. The Balaban J connectivity index is 2.07. The van der Waals surface area contributed by atoms with Crippen molar-refractivity contribution >= 4 is 15.9 Å². The van der Waals surface area contributed by atoms with E-state index < -0.39 is 51.2 Å². The maximum absolute atomic E-state index is 13.6. The van der Waals surface area contributed by atoms with Crippen LogP contribution >= 0.6 is 0 Å². The number of rotatable bonds is 4. The van der Waals surface area contributed by atoms with Gasteiger partial charge in [-0.05, 0) is 24.5 Å². The number of urea groups is 1. The number of carbonyl (C=O) groups is 1. The van der Waals surface area contributed by atoms with Gasteiger partial charge in [-0.2, -0.15) is 13.2 Å². The molecule has 0 spiro atoms. The smallest absolute Gasteiger partial charge is 0.338 e. The summed E-state index contributed by atoms with van der Waals surface area (Å²) < 4.78 is 89.2. The van der Waals surface area contributed by atoms with Crippen molar-refractivity contribution in [2.75, 3.05) is 18.1 Å². The van der Waals surface area contributed by atoms with Crippen LogP contribution < -0.4 is 10.6 Å². The van der Waals surface area contributed by atoms with Crippen molar-refractivity contribution in [2.45, 2.75) is 18.6 Å². The van der Waals surface area contributed by atoms with Crippen LogP contribution in [-0.4, -0.2) is 38.7 Å². The summed E-state index contributed by atoms with van der Waals surface area (Å²) in [7, 11) is -3.19. The highest BCUT2D eigenvalue weighted by molar-refractivity contribution is 7.91. The minimum absolute atomic E-state index is 0.0490. The van der Waals surface area contributed by atoms with Gasteiger partial charge < -0.3 is 10.6 Å². The van der Waals surface area contributed by atoms with E-state index in [1.807, 2.05) is 0 Å². The Morgan fingerprint density at radius 3 is 2.32 bits per heavy atom. The summed E-state index contributed by atoms with van der Waals surface area (Å²) in [6.45, 7) is -0.157. The van der Waals surface area contributed by atoms with Gasteiger partial charge in [0.1, 0.15) is 11.6 Å². The largest absolute Gasteiger partial charge is 0.413 e. The first-order valence-corrected chi connectivity index (χ1v) is 9.07. The topological polar surface area (TPSA) is 75.3 Å². The molecular formula is C14H15F5N2O3S. The van der Waals surface area contributed by atoms with Crippen LogP contribution in [0.2, 0.25) is 0 Å². The summed E-state index contributed by atoms with van der Waals surface area (Å²) in [5.41, 5.74) is -1.31. The number of carbonyl (C=O) groups excluding carboxylic acids is 1. The first-order chi connectivity index (χ1) is 11.5. The quantitative estimate of drug-likeness (QED) is 0.780. The molecule has 1 heterocycles. The summed E-state index contributed by atoms with van der Waals surface area (Å²) in [4.78, 5) is 11.7. The zero-order valence-electron chi connectivity index (χ0n) is 12.7. The monoisotopic (exact) mass is 386 g/mol. The van der Waals surface area contributed by atoms with E-state index in [0.29, 0.717) is 12.1 Å². The molecule has 11 heteroatoms. The Bertz CT molecular complexity index is 731. The molecule has 0 aromatic heterocycles. The van der Waals surface area contributed by atoms with Crippen LogP contribution in [0.1, 0.15) is 18.0 Å². The highest BCUT2D eigenvalue weighted by Crippen LogP contribution is 2.35. The molecule has 0 bridgehead atoms. The predicted molar refractivity (Wildman–Crippen MR) is 78.4 cm³/mol. The van der Waals surface area contributed by atoms with E-state index in [0.717, 1.165) is 6.07 Å². The number of hydrogen-bond acceptors (Lipinski definition) is 3. The van der Waals surface area contributed by atoms with E-state index in [1.165, 1.54) is 5.32 Å². The van der Waals surface area contributed by atoms with Crippen LogP contribution in [0, 0.1) is 17.6 Å². The molecule has 1 aromatic carbocycles. The van der Waals surface area contributed by atoms with Gasteiger partial charge in [0.05, 0.1) is 17.1 Å². The lowest BCUT2D eigenvalue weighted by Gasteiger charge is -2.23. The fourth-order valence-electron chi connectivity index (χ4n) is 2.56. The van der Waals surface area contributed by atoms with Crippen molar-refractivity contribution in [3.8, 4) is 0 Å². The molecule has 1 aliphatic rings. The standard InChI is InChI=1S/C14H15F5N2O3S/c15-9-2-1-3-10(16)11(9)12(14(17,18)19)21-13(22)20-6-8-4-5-25(23,24)7-8/h1-3,8,12H,4-7H2,(H2,20,21,22)/t8-,12+/m1/s1. The second-order valence-electron chi connectivity index (χ2n) is 5.73. The summed E-state index contributed by atoms with van der Waals surface area (Å²) in [5, 5.41) is 3.61. The predicted octanol–water partition coefficient (Wildman–Crippen LogP) is 2.30. The molecule has 0 radical (unpaired) electrons. The zero-order valence-corrected chi connectivity index (χ0v) is 13.6. The number of sulfone groups is 1. The lowest BCUT2D eigenvalue weighted by molar-refractivity contribution is -0.156. The number of halogens is 5. The normalized spacial score (nSPS) is 20.9. The molecule has 0 saturated carbocycles. The van der Waals surface area contributed by atoms with Gasteiger partial charge in [-0.1, -0.05) is 6.07 Å². The third-order valence-electron chi connectivity index (χ3n) is 3.77. The van der Waals surface area contributed by atoms with Crippen molar-refractivity contribution in [2.24, 2.45) is 5.92 Å². The summed E-state index contributed by atoms with van der Waals surface area (Å²) in [5.74, 6) is -3.51. The third-order valence-corrected chi connectivity index (χ3v) is 5.61. The molecular weight excluding hydrogens is 371 g/mol. The first-order valence-electron chi connectivity index (χ1n) is 7.25. The van der Waals surface area contributed by atoms with Crippen LogP contribution in [-0.2, 0) is 9.84 Å². The summed E-state index contributed by atoms with van der Waals surface area (Å²) in [6, 6.07) is -1.96. The molecule has 2 amide bonds. The van der Waals surface area contributed by atoms with Gasteiger partial charge in [-0.15, -0.1) is 0 Å². The summed E-state index contributed by atoms with van der Waals surface area (Å²) in [6.07, 6.45) is -4.84. The van der Waals surface area contributed by atoms with E-state index in [1.54, 1.807) is 0 Å². The Morgan fingerprint density at radius 1 is 1.24 bits per heavy atom. The molecule has 25 heavy (non-hydrogen) atoms. The van der Waals surface area contributed by atoms with Gasteiger partial charge in [0, 0.05) is 6.54 Å². The fraction of sp³-hybridized carbons (Fsp3) is 0.500. The van der Waals surface area contributed by atoms with Crippen LogP contribution in [0.15, 0.2) is 18.2 Å². The average molecular weight is 386 g/mol. The van der Waals surface area contributed by atoms with Gasteiger partial charge in [-0.25, -0.2) is 22.0 Å². The van der Waals surface area contributed by atoms with Gasteiger partial charge in [0.15, 0.2) is 15.9 Å². The van der Waals surface area contributed by atoms with Gasteiger partial charge in [0.25, 0.3) is 0 Å². The van der Waals surface area contributed by atoms with Gasteiger partial charge in [0.2, 0.25) is 0 Å². The second kappa shape index (κ2) is 7.14. The Hall–Kier alpha value is -1.91. The molecule has 2 atom stereocenters. The molecule has 2 N–H and O–H groups in total. The number of nitrogens with one attached hydrogen (secondary N) is 2. The van der Waals surface area contributed by atoms with E-state index in [2.05, 4.69) is 5.32 Å². The molecule has 0 unspecified atom stereocenters. The molecule has 1 aliphatic heterocycles. The number of benzene rings is 1. The van der Waals surface area contributed by atoms with Crippen molar-refractivity contribution in [1.82, 2.24) is 10.6 Å². The molecule has 1 saturated heterocycles. The number of amides is 2. The van der Waals surface area contributed by atoms with Crippen molar-refractivity contribution in [1.29, 1.82) is 0 Å². The maximum atomic E-state index is 13.6. The maximum Gasteiger partial charge on any atom is 0.413 e.